The number of rotatable bonds is 5. The minimum absolute atomic E-state index is 0.216. The molecule has 1 N–H and O–H groups in total. The number of aromatic nitrogens is 2. The van der Waals surface area contributed by atoms with Crippen molar-refractivity contribution in [3.05, 3.63) is 30.1 Å². The number of hydrogen-bond donors (Lipinski definition) is 1. The third kappa shape index (κ3) is 2.66. The van der Waals surface area contributed by atoms with E-state index < -0.39 is 10.2 Å². The normalized spacial score (nSPS) is 24.7. The van der Waals surface area contributed by atoms with E-state index in [0.717, 1.165) is 29.7 Å². The zero-order valence-corrected chi connectivity index (χ0v) is 14.1. The molecule has 2 aromatic rings. The lowest BCUT2D eigenvalue weighted by Gasteiger charge is -2.26. The van der Waals surface area contributed by atoms with Gasteiger partial charge in [-0.2, -0.15) is 12.7 Å². The molecule has 1 aromatic carbocycles. The Morgan fingerprint density at radius 3 is 2.87 bits per heavy atom. The summed E-state index contributed by atoms with van der Waals surface area (Å²) in [5, 5.41) is 0. The summed E-state index contributed by atoms with van der Waals surface area (Å²) >= 11 is 0. The summed E-state index contributed by atoms with van der Waals surface area (Å²) in [6, 6.07) is 8.15. The third-order valence-corrected chi connectivity index (χ3v) is 6.77. The highest BCUT2D eigenvalue weighted by Gasteiger charge is 2.43. The van der Waals surface area contributed by atoms with Gasteiger partial charge in [0.05, 0.1) is 11.0 Å². The number of imidazole rings is 1. The zero-order valence-electron chi connectivity index (χ0n) is 13.3. The fourth-order valence-corrected chi connectivity index (χ4v) is 5.53. The van der Waals surface area contributed by atoms with Gasteiger partial charge in [0, 0.05) is 25.7 Å². The van der Waals surface area contributed by atoms with Crippen molar-refractivity contribution in [2.45, 2.75) is 38.8 Å². The Hall–Kier alpha value is -1.44. The summed E-state index contributed by atoms with van der Waals surface area (Å²) in [6.45, 7) is 3.62. The molecule has 1 saturated carbocycles. The fraction of sp³-hybridized carbons (Fsp3) is 0.562. The van der Waals surface area contributed by atoms with Crippen molar-refractivity contribution in [3.8, 4) is 0 Å². The average molecular weight is 334 g/mol. The zero-order chi connectivity index (χ0) is 16.0. The summed E-state index contributed by atoms with van der Waals surface area (Å²) in [7, 11) is -3.36. The number of fused-ring (bicyclic) bond motifs is 3. The molecule has 1 aliphatic heterocycles. The Balaban J connectivity index is 1.44. The third-order valence-electron chi connectivity index (χ3n) is 5.13. The van der Waals surface area contributed by atoms with Crippen molar-refractivity contribution in [1.82, 2.24) is 18.6 Å². The lowest BCUT2D eigenvalue weighted by atomic mass is 10.1. The van der Waals surface area contributed by atoms with Gasteiger partial charge in [-0.15, -0.1) is 0 Å². The second kappa shape index (κ2) is 5.58. The van der Waals surface area contributed by atoms with Crippen molar-refractivity contribution in [2.24, 2.45) is 5.92 Å². The van der Waals surface area contributed by atoms with Crippen molar-refractivity contribution < 1.29 is 8.42 Å². The van der Waals surface area contributed by atoms with E-state index in [4.69, 9.17) is 0 Å². The molecular weight excluding hydrogens is 312 g/mol. The average Bonchev–Trinajstić information content (AvgIpc) is 3.22. The van der Waals surface area contributed by atoms with E-state index >= 15 is 0 Å². The van der Waals surface area contributed by atoms with E-state index in [0.29, 0.717) is 25.6 Å². The molecule has 0 radical (unpaired) electrons. The Labute approximate surface area is 136 Å². The van der Waals surface area contributed by atoms with Gasteiger partial charge in [-0.3, -0.25) is 0 Å². The highest BCUT2D eigenvalue weighted by molar-refractivity contribution is 7.87. The van der Waals surface area contributed by atoms with Crippen LogP contribution in [-0.4, -0.2) is 41.4 Å². The predicted octanol–water partition coefficient (Wildman–Crippen LogP) is 1.66. The molecule has 4 rings (SSSR count). The Morgan fingerprint density at radius 1 is 1.30 bits per heavy atom. The van der Waals surface area contributed by atoms with Gasteiger partial charge in [0.2, 0.25) is 0 Å². The molecule has 7 heteroatoms. The minimum Gasteiger partial charge on any atom is -0.327 e. The van der Waals surface area contributed by atoms with Gasteiger partial charge in [-0.25, -0.2) is 9.71 Å². The number of piperidine rings is 1. The van der Waals surface area contributed by atoms with E-state index in [1.165, 1.54) is 6.42 Å². The highest BCUT2D eigenvalue weighted by atomic mass is 32.2. The van der Waals surface area contributed by atoms with E-state index in [9.17, 15) is 8.42 Å². The molecule has 1 aliphatic carbocycles. The molecule has 1 saturated heterocycles. The number of hydrogen-bond acceptors (Lipinski definition) is 3. The van der Waals surface area contributed by atoms with Gasteiger partial charge in [0.25, 0.3) is 10.2 Å². The minimum atomic E-state index is -3.36. The summed E-state index contributed by atoms with van der Waals surface area (Å²) in [5.41, 5.74) is 1.99. The summed E-state index contributed by atoms with van der Waals surface area (Å²) in [6.07, 6.45) is 3.22. The first-order chi connectivity index (χ1) is 11.0. The molecule has 2 aliphatic rings. The number of benzene rings is 1. The van der Waals surface area contributed by atoms with E-state index in [2.05, 4.69) is 14.3 Å². The largest absolute Gasteiger partial charge is 0.327 e. The second-order valence-corrected chi connectivity index (χ2v) is 8.31. The molecule has 2 unspecified atom stereocenters. The molecule has 2 heterocycles. The lowest BCUT2D eigenvalue weighted by molar-refractivity contribution is 0.328. The van der Waals surface area contributed by atoms with Crippen molar-refractivity contribution in [1.29, 1.82) is 0 Å². The molecule has 6 nitrogen and oxygen atoms in total. The van der Waals surface area contributed by atoms with Crippen LogP contribution in [0.4, 0.5) is 0 Å². The maximum absolute atomic E-state index is 12.5. The number of para-hydroxylation sites is 2. The van der Waals surface area contributed by atoms with Crippen LogP contribution in [0, 0.1) is 12.8 Å². The topological polar surface area (TPSA) is 67.2 Å². The number of nitrogens with one attached hydrogen (secondary N) is 1. The molecule has 2 fully saturated rings. The monoisotopic (exact) mass is 334 g/mol. The van der Waals surface area contributed by atoms with E-state index in [1.54, 1.807) is 4.31 Å². The van der Waals surface area contributed by atoms with E-state index in [1.807, 2.05) is 31.2 Å². The highest BCUT2D eigenvalue weighted by Crippen LogP contribution is 2.38. The first-order valence-electron chi connectivity index (χ1n) is 8.23. The molecule has 1 aromatic heterocycles. The van der Waals surface area contributed by atoms with Crippen molar-refractivity contribution in [3.63, 3.8) is 0 Å². The Kier molecular flexibility index (Phi) is 3.66. The van der Waals surface area contributed by atoms with E-state index in [-0.39, 0.29) is 6.04 Å². The first-order valence-corrected chi connectivity index (χ1v) is 9.67. The molecule has 124 valence electrons. The van der Waals surface area contributed by atoms with Gasteiger partial charge in [0.15, 0.2) is 0 Å². The Bertz CT molecular complexity index is 830. The lowest BCUT2D eigenvalue weighted by Crippen LogP contribution is -2.45. The molecule has 23 heavy (non-hydrogen) atoms. The van der Waals surface area contributed by atoms with Crippen LogP contribution < -0.4 is 4.72 Å². The maximum atomic E-state index is 12.5. The van der Waals surface area contributed by atoms with Gasteiger partial charge >= 0.3 is 0 Å². The predicted molar refractivity (Wildman–Crippen MR) is 89.2 cm³/mol. The number of nitrogens with zero attached hydrogens (tertiary/aromatic N) is 3. The summed E-state index contributed by atoms with van der Waals surface area (Å²) < 4.78 is 31.5. The van der Waals surface area contributed by atoms with Crippen LogP contribution >= 0.6 is 0 Å². The van der Waals surface area contributed by atoms with Crippen LogP contribution in [0.15, 0.2) is 24.3 Å². The molecule has 0 amide bonds. The van der Waals surface area contributed by atoms with Gasteiger partial charge < -0.3 is 4.57 Å². The van der Waals surface area contributed by atoms with Crippen LogP contribution in [0.2, 0.25) is 0 Å². The maximum Gasteiger partial charge on any atom is 0.279 e. The van der Waals surface area contributed by atoms with Crippen molar-refractivity contribution >= 4 is 21.2 Å². The Morgan fingerprint density at radius 2 is 2.13 bits per heavy atom. The van der Waals surface area contributed by atoms with Crippen LogP contribution in [0.3, 0.4) is 0 Å². The van der Waals surface area contributed by atoms with Crippen LogP contribution in [0.5, 0.6) is 0 Å². The van der Waals surface area contributed by atoms with Crippen LogP contribution in [0.1, 0.15) is 25.1 Å². The summed E-state index contributed by atoms with van der Waals surface area (Å²) in [5.74, 6) is 1.47. The fourth-order valence-electron chi connectivity index (χ4n) is 4.02. The van der Waals surface area contributed by atoms with Crippen molar-refractivity contribution in [2.75, 3.05) is 13.1 Å². The SMILES string of the molecule is Cc1nc2ccccc2n1CCNS(=O)(=O)N1CC2CCC1C2. The summed E-state index contributed by atoms with van der Waals surface area (Å²) in [4.78, 5) is 4.51. The van der Waals surface area contributed by atoms with Gasteiger partial charge in [0.1, 0.15) is 5.82 Å². The standard InChI is InChI=1S/C16H22N4O2S/c1-12-18-15-4-2-3-5-16(15)19(12)9-8-17-23(21,22)20-11-13-6-7-14(20)10-13/h2-5,13-14,17H,6-11H2,1H3. The molecule has 0 spiro atoms. The smallest absolute Gasteiger partial charge is 0.279 e. The quantitative estimate of drug-likeness (QED) is 0.904. The molecule has 2 bridgehead atoms. The first kappa shape index (κ1) is 15.1. The second-order valence-electron chi connectivity index (χ2n) is 6.60. The number of aryl methyl sites for hydroxylation is 1. The molecule has 2 atom stereocenters. The van der Waals surface area contributed by atoms with Gasteiger partial charge in [-0.1, -0.05) is 12.1 Å². The molecular formula is C16H22N4O2S. The van der Waals surface area contributed by atoms with Gasteiger partial charge in [-0.05, 0) is 44.2 Å². The van der Waals surface area contributed by atoms with Crippen LogP contribution in [-0.2, 0) is 16.8 Å². The van der Waals surface area contributed by atoms with Crippen LogP contribution in [0.25, 0.3) is 11.0 Å².